The molecule has 0 saturated carbocycles. The Morgan fingerprint density at radius 2 is 0.786 bits per heavy atom. The maximum Gasteiger partial charge on any atom is 0.0406 e. The molecule has 0 radical (unpaired) electrons. The Kier molecular flexibility index (Phi) is 2.76. The van der Waals surface area contributed by atoms with E-state index in [1.54, 1.807) is 0 Å². The minimum Gasteiger partial charge on any atom is -0.0843 e. The molecule has 0 aromatic heterocycles. The second-order valence-corrected chi connectivity index (χ2v) is 3.89. The number of benzene rings is 2. The van der Waals surface area contributed by atoms with E-state index in [0.29, 0.717) is 0 Å². The van der Waals surface area contributed by atoms with Crippen LogP contribution in [0.25, 0.3) is 11.1 Å². The second-order valence-electron chi connectivity index (χ2n) is 3.01. The molecule has 2 rings (SSSR count). The first kappa shape index (κ1) is 9.57. The van der Waals surface area contributed by atoms with Gasteiger partial charge in [-0.3, -0.25) is 0 Å². The Balaban J connectivity index is 2.40. The molecule has 0 amide bonds. The van der Waals surface area contributed by atoms with Crippen LogP contribution in [0.5, 0.6) is 0 Å². The van der Waals surface area contributed by atoms with Gasteiger partial charge in [-0.05, 0) is 35.4 Å². The molecule has 2 heteroatoms. The summed E-state index contributed by atoms with van der Waals surface area (Å²) >= 11 is 11.6. The summed E-state index contributed by atoms with van der Waals surface area (Å²) in [7, 11) is 0. The molecule has 0 aliphatic carbocycles. The van der Waals surface area contributed by atoms with E-state index in [1.165, 1.54) is 0 Å². The third kappa shape index (κ3) is 2.09. The summed E-state index contributed by atoms with van der Waals surface area (Å²) in [6.07, 6.45) is 0. The van der Waals surface area contributed by atoms with E-state index in [-0.39, 0.29) is 0 Å². The van der Waals surface area contributed by atoms with E-state index < -0.39 is 0 Å². The molecular formula is C12H8Cl2. The van der Waals surface area contributed by atoms with E-state index in [2.05, 4.69) is 0 Å². The van der Waals surface area contributed by atoms with Gasteiger partial charge in [-0.1, -0.05) is 47.5 Å². The van der Waals surface area contributed by atoms with Crippen LogP contribution >= 0.6 is 23.2 Å². The van der Waals surface area contributed by atoms with Crippen molar-refractivity contribution < 1.29 is 0 Å². The summed E-state index contributed by atoms with van der Waals surface area (Å²) < 4.78 is 0. The molecule has 0 nitrogen and oxygen atoms in total. The normalized spacial score (nSPS) is 10.1. The Morgan fingerprint density at radius 1 is 0.500 bits per heavy atom. The van der Waals surface area contributed by atoms with Gasteiger partial charge in [0.2, 0.25) is 0 Å². The average Bonchev–Trinajstić information content (AvgIpc) is 2.21. The lowest BCUT2D eigenvalue weighted by atomic mass is 11.1. The van der Waals surface area contributed by atoms with Crippen LogP contribution in [0.4, 0.5) is 0 Å². The number of hydrogen-bond acceptors (Lipinski definition) is 0. The summed E-state index contributed by atoms with van der Waals surface area (Å²) in [5, 5.41) is 1.51. The summed E-state index contributed by atoms with van der Waals surface area (Å²) in [4.78, 5) is 0. The SMILES string of the molecule is Cl[13c]1[13cH][13cH][13c](-[13c]2[13cH][13cH][13c](Cl)[13cH][13cH]2)[13cH][13cH]1. The fraction of sp³-hybridized carbons (Fsp3) is 0. The van der Waals surface area contributed by atoms with E-state index in [1.807, 2.05) is 48.5 Å². The van der Waals surface area contributed by atoms with Crippen LogP contribution < -0.4 is 0 Å². The maximum atomic E-state index is 5.80. The lowest BCUT2D eigenvalue weighted by Gasteiger charge is -2.01. The van der Waals surface area contributed by atoms with Crippen molar-refractivity contribution in [1.29, 1.82) is 0 Å². The van der Waals surface area contributed by atoms with Gasteiger partial charge < -0.3 is 0 Å². The first-order valence-corrected chi connectivity index (χ1v) is 5.03. The van der Waals surface area contributed by atoms with Gasteiger partial charge in [0.1, 0.15) is 0 Å². The van der Waals surface area contributed by atoms with Gasteiger partial charge >= 0.3 is 0 Å². The minimum atomic E-state index is 0.753. The monoisotopic (exact) mass is 234 g/mol. The van der Waals surface area contributed by atoms with Crippen molar-refractivity contribution in [2.45, 2.75) is 0 Å². The van der Waals surface area contributed by atoms with E-state index >= 15 is 0 Å². The quantitative estimate of drug-likeness (QED) is 0.674. The zero-order valence-electron chi connectivity index (χ0n) is 7.37. The molecule has 2 aromatic rings. The summed E-state index contributed by atoms with van der Waals surface area (Å²) in [6, 6.07) is 15.5. The zero-order valence-corrected chi connectivity index (χ0v) is 8.89. The molecule has 0 bridgehead atoms. The van der Waals surface area contributed by atoms with Crippen LogP contribution in [0.2, 0.25) is 10.0 Å². The predicted molar refractivity (Wildman–Crippen MR) is 61.9 cm³/mol. The summed E-state index contributed by atoms with van der Waals surface area (Å²) in [5.41, 5.74) is 2.29. The molecule has 0 heterocycles. The molecule has 14 heavy (non-hydrogen) atoms. The van der Waals surface area contributed by atoms with Crippen LogP contribution in [0.15, 0.2) is 48.5 Å². The Hall–Kier alpha value is -0.980. The van der Waals surface area contributed by atoms with Gasteiger partial charge in [0.25, 0.3) is 0 Å². The first-order chi connectivity index (χ1) is 6.75. The standard InChI is InChI=1S/C12H8Cl2/c13-11-5-1-9(2-6-11)10-3-7-12(14)8-4-10/h1-8H/i1+1,2+1,3+1,4+1,5+1,6+1,7+1,8+1,9+1,10+1,11+1,12+1. The van der Waals surface area contributed by atoms with Crippen LogP contribution in [0.3, 0.4) is 0 Å². The molecule has 0 aliphatic heterocycles. The van der Waals surface area contributed by atoms with Crippen molar-refractivity contribution in [2.75, 3.05) is 0 Å². The lowest BCUT2D eigenvalue weighted by Crippen LogP contribution is -1.76. The highest BCUT2D eigenvalue weighted by Crippen LogP contribution is 2.22. The molecule has 0 fully saturated rings. The number of halogens is 2. The smallest absolute Gasteiger partial charge is 0.0406 e. The summed E-state index contributed by atoms with van der Waals surface area (Å²) in [5.74, 6) is 0. The van der Waals surface area contributed by atoms with Gasteiger partial charge in [0, 0.05) is 10.0 Å². The Bertz CT molecular complexity index is 372. The van der Waals surface area contributed by atoms with E-state index in [4.69, 9.17) is 23.2 Å². The highest BCUT2D eigenvalue weighted by molar-refractivity contribution is 6.31. The largest absolute Gasteiger partial charge is 0.0843 e. The summed E-state index contributed by atoms with van der Waals surface area (Å²) in [6.45, 7) is 0. The molecule has 2 aromatic carbocycles. The van der Waals surface area contributed by atoms with Crippen molar-refractivity contribution >= 4 is 23.2 Å². The van der Waals surface area contributed by atoms with Crippen molar-refractivity contribution in [3.63, 3.8) is 0 Å². The van der Waals surface area contributed by atoms with Crippen LogP contribution in [0.1, 0.15) is 0 Å². The Morgan fingerprint density at radius 3 is 1.07 bits per heavy atom. The van der Waals surface area contributed by atoms with Gasteiger partial charge in [-0.2, -0.15) is 0 Å². The zero-order chi connectivity index (χ0) is 9.97. The van der Waals surface area contributed by atoms with Gasteiger partial charge in [0.15, 0.2) is 0 Å². The molecule has 0 saturated heterocycles. The molecular weight excluding hydrogens is 227 g/mol. The van der Waals surface area contributed by atoms with Crippen molar-refractivity contribution in [3.05, 3.63) is 58.6 Å². The fourth-order valence-electron chi connectivity index (χ4n) is 1.28. The second kappa shape index (κ2) is 4.04. The van der Waals surface area contributed by atoms with Gasteiger partial charge in [0.05, 0.1) is 0 Å². The van der Waals surface area contributed by atoms with Crippen LogP contribution in [-0.4, -0.2) is 0 Å². The van der Waals surface area contributed by atoms with Crippen molar-refractivity contribution in [3.8, 4) is 11.1 Å². The molecule has 0 atom stereocenters. The molecule has 0 aliphatic rings. The average molecular weight is 235 g/mol. The van der Waals surface area contributed by atoms with E-state index in [0.717, 1.165) is 21.2 Å². The first-order valence-electron chi connectivity index (χ1n) is 4.27. The maximum absolute atomic E-state index is 5.80. The van der Waals surface area contributed by atoms with Crippen LogP contribution in [-0.2, 0) is 0 Å². The molecule has 70 valence electrons. The predicted octanol–water partition coefficient (Wildman–Crippen LogP) is 4.66. The molecule has 0 N–H and O–H groups in total. The van der Waals surface area contributed by atoms with Crippen LogP contribution in [0, 0.1) is 0 Å². The third-order valence-corrected chi connectivity index (χ3v) is 2.53. The third-order valence-electron chi connectivity index (χ3n) is 2.02. The van der Waals surface area contributed by atoms with E-state index in [9.17, 15) is 0 Å². The molecule has 0 unspecified atom stereocenters. The van der Waals surface area contributed by atoms with Gasteiger partial charge in [-0.15, -0.1) is 0 Å². The number of rotatable bonds is 1. The molecule has 0 spiro atoms. The fourth-order valence-corrected chi connectivity index (χ4v) is 1.54. The Labute approximate surface area is 93.1 Å². The highest BCUT2D eigenvalue weighted by Gasteiger charge is 1.96. The highest BCUT2D eigenvalue weighted by atomic mass is 35.5. The van der Waals surface area contributed by atoms with Crippen molar-refractivity contribution in [1.82, 2.24) is 0 Å². The van der Waals surface area contributed by atoms with Crippen molar-refractivity contribution in [2.24, 2.45) is 0 Å². The minimum absolute atomic E-state index is 0.753. The lowest BCUT2D eigenvalue weighted by molar-refractivity contribution is 1.62. The topological polar surface area (TPSA) is 0 Å². The van der Waals surface area contributed by atoms with Gasteiger partial charge in [-0.25, -0.2) is 0 Å². The number of hydrogen-bond donors (Lipinski definition) is 0.